The molecule has 1 aliphatic rings. The Morgan fingerprint density at radius 3 is 2.73 bits per heavy atom. The van der Waals surface area contributed by atoms with E-state index in [1.807, 2.05) is 6.92 Å². The first-order valence-corrected chi connectivity index (χ1v) is 7.03. The summed E-state index contributed by atoms with van der Waals surface area (Å²) in [6, 6.07) is 0.0689. The quantitative estimate of drug-likeness (QED) is 0.634. The maximum atomic E-state index is 11.3. The number of rotatable bonds is 4. The second-order valence-corrected chi connectivity index (χ2v) is 6.36. The third-order valence-corrected chi connectivity index (χ3v) is 4.69. The number of aliphatic hydroxyl groups excluding tert-OH is 1. The van der Waals surface area contributed by atoms with Gasteiger partial charge in [-0.25, -0.2) is 8.42 Å². The Labute approximate surface area is 91.4 Å². The number of likely N-dealkylation sites (N-methyl/N-ethyl adjacent to an activating group) is 1. The van der Waals surface area contributed by atoms with Gasteiger partial charge in [0.05, 0.1) is 18.1 Å². The van der Waals surface area contributed by atoms with Gasteiger partial charge < -0.3 is 10.4 Å². The Kier molecular flexibility index (Phi) is 4.51. The number of nitrogens with one attached hydrogen (secondary N) is 1. The molecule has 0 spiro atoms. The van der Waals surface area contributed by atoms with E-state index in [1.165, 1.54) is 0 Å². The third-order valence-electron chi connectivity index (χ3n) is 2.89. The topological polar surface area (TPSA) is 69.6 Å². The van der Waals surface area contributed by atoms with Gasteiger partial charge in [0.2, 0.25) is 0 Å². The van der Waals surface area contributed by atoms with E-state index < -0.39 is 9.84 Å². The van der Waals surface area contributed by atoms with E-state index in [0.29, 0.717) is 13.1 Å². The lowest BCUT2D eigenvalue weighted by molar-refractivity contribution is 0.164. The van der Waals surface area contributed by atoms with E-state index in [1.54, 1.807) is 7.05 Å². The molecule has 1 aliphatic heterocycles. The van der Waals surface area contributed by atoms with Crippen LogP contribution in [-0.2, 0) is 9.84 Å². The number of hydrogen-bond acceptors (Lipinski definition) is 5. The summed E-state index contributed by atoms with van der Waals surface area (Å²) in [5.41, 5.74) is 0. The minimum atomic E-state index is -2.84. The van der Waals surface area contributed by atoms with Crippen LogP contribution >= 0.6 is 0 Å². The van der Waals surface area contributed by atoms with Crippen LogP contribution in [0.1, 0.15) is 6.92 Å². The summed E-state index contributed by atoms with van der Waals surface area (Å²) in [5.74, 6) is 0.466. The molecule has 1 fully saturated rings. The highest BCUT2D eigenvalue weighted by Crippen LogP contribution is 2.11. The summed E-state index contributed by atoms with van der Waals surface area (Å²) in [6.45, 7) is 3.26. The Hall–Kier alpha value is -0.170. The molecule has 0 saturated carbocycles. The van der Waals surface area contributed by atoms with Crippen LogP contribution in [0.5, 0.6) is 0 Å². The molecule has 0 radical (unpaired) electrons. The van der Waals surface area contributed by atoms with Crippen LogP contribution in [0.4, 0.5) is 0 Å². The summed E-state index contributed by atoms with van der Waals surface area (Å²) in [5, 5.41) is 12.0. The van der Waals surface area contributed by atoms with Crippen molar-refractivity contribution in [2.24, 2.45) is 0 Å². The largest absolute Gasteiger partial charge is 0.395 e. The zero-order valence-corrected chi connectivity index (χ0v) is 10.1. The molecule has 2 N–H and O–H groups in total. The van der Waals surface area contributed by atoms with Gasteiger partial charge in [0.15, 0.2) is 9.84 Å². The average Bonchev–Trinajstić information content (AvgIpc) is 2.16. The van der Waals surface area contributed by atoms with E-state index in [-0.39, 0.29) is 30.2 Å². The number of aliphatic hydroxyl groups is 1. The smallest absolute Gasteiger partial charge is 0.153 e. The van der Waals surface area contributed by atoms with E-state index in [2.05, 4.69) is 10.2 Å². The van der Waals surface area contributed by atoms with E-state index in [4.69, 9.17) is 5.11 Å². The molecular weight excluding hydrogens is 216 g/mol. The van der Waals surface area contributed by atoms with Crippen LogP contribution < -0.4 is 5.32 Å². The molecule has 90 valence electrons. The molecule has 2 atom stereocenters. The molecule has 1 rings (SSSR count). The Morgan fingerprint density at radius 1 is 1.60 bits per heavy atom. The van der Waals surface area contributed by atoms with E-state index in [9.17, 15) is 8.42 Å². The first kappa shape index (κ1) is 12.9. The minimum absolute atomic E-state index is 0.0215. The van der Waals surface area contributed by atoms with Crippen molar-refractivity contribution in [2.45, 2.75) is 19.0 Å². The second-order valence-electron chi connectivity index (χ2n) is 4.13. The predicted octanol–water partition coefficient (Wildman–Crippen LogP) is -1.31. The molecule has 1 heterocycles. The van der Waals surface area contributed by atoms with Crippen LogP contribution in [0.2, 0.25) is 0 Å². The van der Waals surface area contributed by atoms with Gasteiger partial charge in [0.1, 0.15) is 0 Å². The Morgan fingerprint density at radius 2 is 2.27 bits per heavy atom. The first-order valence-electron chi connectivity index (χ1n) is 5.21. The molecule has 6 heteroatoms. The van der Waals surface area contributed by atoms with Gasteiger partial charge in [0.25, 0.3) is 0 Å². The Balaban J connectivity index is 2.51. The van der Waals surface area contributed by atoms with Crippen molar-refractivity contribution in [3.63, 3.8) is 0 Å². The maximum Gasteiger partial charge on any atom is 0.153 e. The fourth-order valence-corrected chi connectivity index (χ4v) is 3.45. The number of nitrogens with zero attached hydrogens (tertiary/aromatic N) is 1. The highest BCUT2D eigenvalue weighted by molar-refractivity contribution is 7.91. The second kappa shape index (κ2) is 5.25. The number of sulfone groups is 1. The average molecular weight is 236 g/mol. The molecule has 0 amide bonds. The van der Waals surface area contributed by atoms with Gasteiger partial charge in [-0.15, -0.1) is 0 Å². The molecule has 15 heavy (non-hydrogen) atoms. The molecule has 1 saturated heterocycles. The standard InChI is InChI=1S/C9H20N2O3S/c1-8-7-15(13,14)4-3-11(8)5-9(6-12)10-2/h8-10,12H,3-7H2,1-2H3. The van der Waals surface area contributed by atoms with E-state index >= 15 is 0 Å². The summed E-state index contributed by atoms with van der Waals surface area (Å²) in [7, 11) is -1.04. The summed E-state index contributed by atoms with van der Waals surface area (Å²) in [6.07, 6.45) is 0. The molecule has 2 unspecified atom stereocenters. The van der Waals surface area contributed by atoms with Crippen LogP contribution in [-0.4, -0.2) is 68.8 Å². The van der Waals surface area contributed by atoms with E-state index in [0.717, 1.165) is 0 Å². The normalized spacial score (nSPS) is 28.9. The highest BCUT2D eigenvalue weighted by atomic mass is 32.2. The van der Waals surface area contributed by atoms with Crippen LogP contribution in [0.3, 0.4) is 0 Å². The van der Waals surface area contributed by atoms with Crippen LogP contribution in [0.25, 0.3) is 0 Å². The fourth-order valence-electron chi connectivity index (χ4n) is 1.83. The molecule has 0 bridgehead atoms. The zero-order chi connectivity index (χ0) is 11.5. The van der Waals surface area contributed by atoms with Gasteiger partial charge in [-0.1, -0.05) is 0 Å². The van der Waals surface area contributed by atoms with Gasteiger partial charge in [0, 0.05) is 25.2 Å². The van der Waals surface area contributed by atoms with Gasteiger partial charge in [-0.05, 0) is 14.0 Å². The van der Waals surface area contributed by atoms with Crippen LogP contribution in [0, 0.1) is 0 Å². The minimum Gasteiger partial charge on any atom is -0.395 e. The van der Waals surface area contributed by atoms with Crippen molar-refractivity contribution < 1.29 is 13.5 Å². The molecule has 0 aromatic rings. The lowest BCUT2D eigenvalue weighted by atomic mass is 10.2. The van der Waals surface area contributed by atoms with Crippen molar-refractivity contribution >= 4 is 9.84 Å². The Bertz CT molecular complexity index is 288. The monoisotopic (exact) mass is 236 g/mol. The fraction of sp³-hybridized carbons (Fsp3) is 1.00. The summed E-state index contributed by atoms with van der Waals surface area (Å²) >= 11 is 0. The summed E-state index contributed by atoms with van der Waals surface area (Å²) in [4.78, 5) is 2.11. The molecule has 0 aliphatic carbocycles. The third kappa shape index (κ3) is 3.71. The highest BCUT2D eigenvalue weighted by Gasteiger charge is 2.28. The SMILES string of the molecule is CNC(CO)CN1CCS(=O)(=O)CC1C. The van der Waals surface area contributed by atoms with Gasteiger partial charge >= 0.3 is 0 Å². The summed E-state index contributed by atoms with van der Waals surface area (Å²) < 4.78 is 22.7. The molecular formula is C9H20N2O3S. The van der Waals surface area contributed by atoms with Crippen molar-refractivity contribution in [3.8, 4) is 0 Å². The van der Waals surface area contributed by atoms with Gasteiger partial charge in [-0.2, -0.15) is 0 Å². The lowest BCUT2D eigenvalue weighted by Gasteiger charge is -2.35. The van der Waals surface area contributed by atoms with Crippen molar-refractivity contribution in [1.82, 2.24) is 10.2 Å². The number of hydrogen-bond donors (Lipinski definition) is 2. The molecule has 5 nitrogen and oxygen atoms in total. The molecule has 0 aromatic heterocycles. The lowest BCUT2D eigenvalue weighted by Crippen LogP contribution is -2.52. The zero-order valence-electron chi connectivity index (χ0n) is 9.31. The first-order chi connectivity index (χ1) is 6.98. The van der Waals surface area contributed by atoms with Crippen molar-refractivity contribution in [2.75, 3.05) is 38.2 Å². The predicted molar refractivity (Wildman–Crippen MR) is 59.6 cm³/mol. The van der Waals surface area contributed by atoms with Crippen molar-refractivity contribution in [1.29, 1.82) is 0 Å². The maximum absolute atomic E-state index is 11.3. The van der Waals surface area contributed by atoms with Crippen molar-refractivity contribution in [3.05, 3.63) is 0 Å². The molecule has 0 aromatic carbocycles. The van der Waals surface area contributed by atoms with Gasteiger partial charge in [-0.3, -0.25) is 4.90 Å². The van der Waals surface area contributed by atoms with Crippen LogP contribution in [0.15, 0.2) is 0 Å².